The van der Waals surface area contributed by atoms with E-state index in [1.165, 1.54) is 12.3 Å². The molecule has 1 amide bonds. The lowest BCUT2D eigenvalue weighted by molar-refractivity contribution is 0.0930. The van der Waals surface area contributed by atoms with Gasteiger partial charge in [-0.25, -0.2) is 19.3 Å². The number of hydrogen-bond donors (Lipinski definition) is 3. The summed E-state index contributed by atoms with van der Waals surface area (Å²) < 4.78 is 14.9. The third kappa shape index (κ3) is 9.99. The van der Waals surface area contributed by atoms with Gasteiger partial charge in [0.15, 0.2) is 23.2 Å². The van der Waals surface area contributed by atoms with Gasteiger partial charge in [-0.2, -0.15) is 5.10 Å². The second-order valence-corrected chi connectivity index (χ2v) is 8.89. The third-order valence-corrected chi connectivity index (χ3v) is 5.65. The maximum Gasteiger partial charge on any atom is 0.273 e. The Bertz CT molecular complexity index is 1470. The van der Waals surface area contributed by atoms with E-state index in [1.807, 2.05) is 71.9 Å². The topological polar surface area (TPSA) is 134 Å². The number of nitrogens with zero attached hydrogens (tertiary/aromatic N) is 6. The number of nitrogens with one attached hydrogen (secondary N) is 3. The Morgan fingerprint density at radius 3 is 2.40 bits per heavy atom. The van der Waals surface area contributed by atoms with Crippen LogP contribution in [0.2, 0.25) is 0 Å². The molecule has 11 heteroatoms. The molecule has 3 N–H and O–H groups in total. The lowest BCUT2D eigenvalue weighted by Gasteiger charge is -2.14. The zero-order valence-corrected chi connectivity index (χ0v) is 25.5. The molecule has 0 saturated heterocycles. The van der Waals surface area contributed by atoms with Crippen LogP contribution in [0.25, 0.3) is 11.4 Å². The Hall–Kier alpha value is -4.80. The van der Waals surface area contributed by atoms with E-state index < -0.39 is 11.7 Å². The second kappa shape index (κ2) is 17.1. The van der Waals surface area contributed by atoms with Crippen molar-refractivity contribution in [2.75, 3.05) is 12.4 Å². The van der Waals surface area contributed by atoms with Crippen LogP contribution in [-0.4, -0.2) is 49.3 Å². The van der Waals surface area contributed by atoms with Crippen molar-refractivity contribution in [2.45, 2.75) is 60.9 Å². The highest BCUT2D eigenvalue weighted by atomic mass is 19.1. The normalized spacial score (nSPS) is 11.4. The summed E-state index contributed by atoms with van der Waals surface area (Å²) >= 11 is 0. The van der Waals surface area contributed by atoms with Crippen molar-refractivity contribution in [1.82, 2.24) is 35.5 Å². The number of carbonyl (C=O) groups excluding carboxylic acids is 1. The number of carbonyl (C=O) groups is 1. The molecule has 1 unspecified atom stereocenters. The number of pyridine rings is 2. The van der Waals surface area contributed by atoms with Crippen LogP contribution in [0.1, 0.15) is 73.8 Å². The van der Waals surface area contributed by atoms with Gasteiger partial charge in [-0.15, -0.1) is 0 Å². The van der Waals surface area contributed by atoms with Crippen LogP contribution in [0.15, 0.2) is 59.9 Å². The number of amides is 1. The molecule has 0 aliphatic carbocycles. The van der Waals surface area contributed by atoms with Crippen LogP contribution in [0.4, 0.5) is 16.0 Å². The van der Waals surface area contributed by atoms with E-state index in [2.05, 4.69) is 45.8 Å². The summed E-state index contributed by atoms with van der Waals surface area (Å²) in [6.45, 7) is 13.5. The largest absolute Gasteiger partial charge is 0.344 e. The average Bonchev–Trinajstić information content (AvgIpc) is 3.44. The van der Waals surface area contributed by atoms with E-state index in [0.29, 0.717) is 22.9 Å². The maximum atomic E-state index is 14.9. The molecule has 4 heterocycles. The van der Waals surface area contributed by atoms with Gasteiger partial charge in [0.1, 0.15) is 5.82 Å². The molecule has 4 rings (SSSR count). The Labute approximate surface area is 247 Å². The van der Waals surface area contributed by atoms with E-state index in [-0.39, 0.29) is 17.6 Å². The van der Waals surface area contributed by atoms with Crippen molar-refractivity contribution in [2.24, 2.45) is 4.99 Å². The van der Waals surface area contributed by atoms with Gasteiger partial charge in [0.2, 0.25) is 0 Å². The molecule has 10 nitrogen and oxygen atoms in total. The van der Waals surface area contributed by atoms with Gasteiger partial charge >= 0.3 is 0 Å². The Morgan fingerprint density at radius 2 is 1.83 bits per heavy atom. The molecule has 222 valence electrons. The molecule has 0 aliphatic heterocycles. The number of halogens is 1. The Kier molecular flexibility index (Phi) is 13.6. The van der Waals surface area contributed by atoms with Gasteiger partial charge < -0.3 is 10.6 Å². The first kappa shape index (κ1) is 33.4. The maximum absolute atomic E-state index is 14.9. The minimum absolute atomic E-state index is 0.284. The van der Waals surface area contributed by atoms with Gasteiger partial charge in [-0.1, -0.05) is 32.9 Å². The van der Waals surface area contributed by atoms with Gasteiger partial charge in [0.25, 0.3) is 5.91 Å². The molecule has 42 heavy (non-hydrogen) atoms. The lowest BCUT2D eigenvalue weighted by Crippen LogP contribution is -2.28. The molecule has 0 radical (unpaired) electrons. The fourth-order valence-electron chi connectivity index (χ4n) is 3.48. The van der Waals surface area contributed by atoms with E-state index in [4.69, 9.17) is 0 Å². The number of allylic oxidation sites excluding steroid dienone is 2. The van der Waals surface area contributed by atoms with Crippen LogP contribution in [0.3, 0.4) is 0 Å². The van der Waals surface area contributed by atoms with E-state index >= 15 is 0 Å². The molecule has 1 atom stereocenters. The summed E-state index contributed by atoms with van der Waals surface area (Å²) in [6.07, 6.45) is 9.47. The molecule has 0 fully saturated rings. The highest BCUT2D eigenvalue weighted by Crippen LogP contribution is 2.22. The smallest absolute Gasteiger partial charge is 0.273 e. The first-order chi connectivity index (χ1) is 20.2. The number of aromatic amines is 1. The zero-order valence-electron chi connectivity index (χ0n) is 25.5. The van der Waals surface area contributed by atoms with Gasteiger partial charge in [0, 0.05) is 60.4 Å². The lowest BCUT2D eigenvalue weighted by atomic mass is 10.1. The van der Waals surface area contributed by atoms with Crippen LogP contribution in [0, 0.1) is 19.7 Å². The predicted molar refractivity (Wildman–Crippen MR) is 167 cm³/mol. The third-order valence-electron chi connectivity index (χ3n) is 5.65. The fourth-order valence-corrected chi connectivity index (χ4v) is 3.48. The highest BCUT2D eigenvalue weighted by Gasteiger charge is 2.19. The van der Waals surface area contributed by atoms with Gasteiger partial charge in [-0.3, -0.25) is 19.9 Å². The summed E-state index contributed by atoms with van der Waals surface area (Å²) in [5.74, 6) is 0.0411. The van der Waals surface area contributed by atoms with Crippen LogP contribution in [-0.2, 0) is 6.42 Å². The summed E-state index contributed by atoms with van der Waals surface area (Å²) in [4.78, 5) is 33.4. The molecule has 4 aromatic heterocycles. The molecule has 0 bridgehead atoms. The van der Waals surface area contributed by atoms with Crippen molar-refractivity contribution in [1.29, 1.82) is 0 Å². The van der Waals surface area contributed by atoms with Crippen molar-refractivity contribution in [3.05, 3.63) is 89.0 Å². The summed E-state index contributed by atoms with van der Waals surface area (Å²) in [6, 6.07) is 8.22. The molecule has 0 aliphatic rings. The number of aryl methyl sites for hydroxylation is 3. The molecular weight excluding hydrogens is 533 g/mol. The minimum Gasteiger partial charge on any atom is -0.344 e. The summed E-state index contributed by atoms with van der Waals surface area (Å²) in [7, 11) is 1.75. The quantitative estimate of drug-likeness (QED) is 0.205. The monoisotopic (exact) mass is 573 g/mol. The van der Waals surface area contributed by atoms with E-state index in [1.54, 1.807) is 32.4 Å². The van der Waals surface area contributed by atoms with Gasteiger partial charge in [-0.05, 0) is 57.9 Å². The molecule has 0 saturated carbocycles. The Balaban J connectivity index is 0.000000686. The first-order valence-corrected chi connectivity index (χ1v) is 13.8. The van der Waals surface area contributed by atoms with Gasteiger partial charge in [0.05, 0.1) is 6.04 Å². The number of H-pyrrole nitrogens is 1. The van der Waals surface area contributed by atoms with E-state index in [0.717, 1.165) is 23.4 Å². The van der Waals surface area contributed by atoms with Crippen LogP contribution in [0.5, 0.6) is 0 Å². The number of aliphatic imine (C=N–C) groups is 1. The fraction of sp³-hybridized carbons (Fsp3) is 0.323. The van der Waals surface area contributed by atoms with Crippen molar-refractivity contribution in [3.63, 3.8) is 0 Å². The minimum atomic E-state index is -0.760. The van der Waals surface area contributed by atoms with Crippen LogP contribution < -0.4 is 10.6 Å². The number of hydrogen-bond acceptors (Lipinski definition) is 8. The van der Waals surface area contributed by atoms with Crippen LogP contribution >= 0.6 is 0 Å². The predicted octanol–water partition coefficient (Wildman–Crippen LogP) is 6.50. The first-order valence-electron chi connectivity index (χ1n) is 13.8. The zero-order chi connectivity index (χ0) is 31.1. The van der Waals surface area contributed by atoms with Crippen molar-refractivity contribution in [3.8, 4) is 11.4 Å². The molecule has 0 spiro atoms. The molecule has 4 aromatic rings. The highest BCUT2D eigenvalue weighted by molar-refractivity contribution is 5.93. The molecular formula is C31H40FN9O. The number of rotatable bonds is 8. The van der Waals surface area contributed by atoms with Crippen molar-refractivity contribution >= 4 is 23.8 Å². The molecule has 0 aromatic carbocycles. The summed E-state index contributed by atoms with van der Waals surface area (Å²) in [5.41, 5.74) is 3.41. The summed E-state index contributed by atoms with van der Waals surface area (Å²) in [5, 5.41) is 13.0. The average molecular weight is 574 g/mol. The number of aromatic nitrogens is 6. The Morgan fingerprint density at radius 1 is 1.07 bits per heavy atom. The second-order valence-electron chi connectivity index (χ2n) is 8.89. The van der Waals surface area contributed by atoms with E-state index in [9.17, 15) is 9.18 Å². The standard InChI is InChI=1S/C24H25FN8O.C5H9N.C2H6/c1-5-18-10-21(33-32-18)30-20-8-14(3)28-23(31-20)17-9-19(25)22(27-12-17)24(34)29-15(4)16-7-6-13(2)26-11-16;1-3-4-5-6-2;1-2/h6-12,15H,5H2,1-4H3,(H,29,34)(H2,28,30,31,32,33);3-5H,1-2H3;1-2H3/b;4-3-,6-5?;. The number of anilines is 2. The van der Waals surface area contributed by atoms with Crippen molar-refractivity contribution < 1.29 is 9.18 Å². The SMILES string of the molecule is C/C=C\C=NC.CC.CCc1cc(Nc2cc(C)nc(-c3cnc(C(=O)NC(C)c4ccc(C)nc4)c(F)c3)n2)n[nH]1.